The van der Waals surface area contributed by atoms with Crippen LogP contribution in [0, 0.1) is 11.3 Å². The Morgan fingerprint density at radius 1 is 0.867 bits per heavy atom. The Hall–Kier alpha value is -4.10. The van der Waals surface area contributed by atoms with Crippen molar-refractivity contribution in [3.8, 4) is 0 Å². The number of hydrogen-bond donors (Lipinski definition) is 5. The molecule has 0 unspecified atom stereocenters. The van der Waals surface area contributed by atoms with E-state index in [1.54, 1.807) is 58.9 Å². The molecule has 1 aliphatic heterocycles. The number of rotatable bonds is 17. The van der Waals surface area contributed by atoms with Crippen LogP contribution in [-0.4, -0.2) is 75.5 Å². The van der Waals surface area contributed by atoms with Gasteiger partial charge in [0.1, 0.15) is 18.7 Å². The van der Waals surface area contributed by atoms with Gasteiger partial charge >= 0.3 is 5.97 Å². The molecule has 0 bridgehead atoms. The van der Waals surface area contributed by atoms with Gasteiger partial charge in [-0.05, 0) is 63.6 Å². The van der Waals surface area contributed by atoms with Gasteiger partial charge in [0.2, 0.25) is 17.7 Å². The molecule has 1 aromatic rings. The lowest BCUT2D eigenvalue weighted by Crippen LogP contribution is -2.54. The van der Waals surface area contributed by atoms with Gasteiger partial charge in [-0.2, -0.15) is 0 Å². The molecule has 0 saturated heterocycles. The number of anilines is 1. The molecular weight excluding hydrogens is 584 g/mol. The number of ether oxygens (including phenoxy) is 1. The molecule has 1 heterocycles. The number of aliphatic hydroxyl groups excluding tert-OH is 1. The molecule has 0 saturated carbocycles. The van der Waals surface area contributed by atoms with E-state index in [0.29, 0.717) is 30.5 Å². The highest BCUT2D eigenvalue weighted by molar-refractivity contribution is 6.12. The predicted molar refractivity (Wildman–Crippen MR) is 165 cm³/mol. The zero-order chi connectivity index (χ0) is 33.7. The number of nitrogens with zero attached hydrogens (tertiary/aromatic N) is 1. The van der Waals surface area contributed by atoms with E-state index >= 15 is 0 Å². The molecule has 5 N–H and O–H groups in total. The molecule has 1 aliphatic rings. The highest BCUT2D eigenvalue weighted by Crippen LogP contribution is 2.18. The fourth-order valence-electron chi connectivity index (χ4n) is 4.29. The predicted octanol–water partition coefficient (Wildman–Crippen LogP) is 1.92. The van der Waals surface area contributed by atoms with E-state index in [-0.39, 0.29) is 62.0 Å². The molecule has 2 rings (SSSR count). The summed E-state index contributed by atoms with van der Waals surface area (Å²) < 4.78 is 5.30. The summed E-state index contributed by atoms with van der Waals surface area (Å²) >= 11 is 0. The van der Waals surface area contributed by atoms with Gasteiger partial charge in [-0.1, -0.05) is 32.4 Å². The minimum atomic E-state index is -1.69. The average molecular weight is 631 g/mol. The second kappa shape index (κ2) is 17.4. The Bertz CT molecular complexity index is 1220. The van der Waals surface area contributed by atoms with E-state index in [0.717, 1.165) is 4.90 Å². The number of benzene rings is 1. The van der Waals surface area contributed by atoms with Crippen molar-refractivity contribution < 1.29 is 43.7 Å². The fourth-order valence-corrected chi connectivity index (χ4v) is 4.29. The minimum absolute atomic E-state index is 0.0675. The number of hydrogen-bond acceptors (Lipinski definition) is 9. The van der Waals surface area contributed by atoms with Crippen molar-refractivity contribution in [1.29, 1.82) is 0 Å². The minimum Gasteiger partial charge on any atom is -0.460 e. The van der Waals surface area contributed by atoms with Crippen LogP contribution in [0.1, 0.15) is 78.7 Å². The van der Waals surface area contributed by atoms with Crippen molar-refractivity contribution in [2.45, 2.75) is 98.1 Å². The Morgan fingerprint density at radius 2 is 1.49 bits per heavy atom. The molecule has 0 radical (unpaired) electrons. The molecule has 45 heavy (non-hydrogen) atoms. The van der Waals surface area contributed by atoms with E-state index in [9.17, 15) is 39.0 Å². The number of aliphatic hydroxyl groups is 2. The van der Waals surface area contributed by atoms with Gasteiger partial charge in [-0.3, -0.25) is 33.7 Å². The smallest absolute Gasteiger partial charge is 0.311 e. The Balaban J connectivity index is 1.92. The number of nitrogens with one attached hydrogen (secondary N) is 3. The molecule has 13 heteroatoms. The van der Waals surface area contributed by atoms with Crippen molar-refractivity contribution in [1.82, 2.24) is 15.5 Å². The van der Waals surface area contributed by atoms with Crippen LogP contribution in [0.2, 0.25) is 0 Å². The number of imide groups is 1. The first-order valence-electron chi connectivity index (χ1n) is 15.1. The summed E-state index contributed by atoms with van der Waals surface area (Å²) in [5.41, 5.74) is 0.493. The number of unbranched alkanes of at least 4 members (excludes halogenated alkanes) is 2. The van der Waals surface area contributed by atoms with Crippen molar-refractivity contribution in [2.75, 3.05) is 11.9 Å². The number of carbonyl (C=O) groups is 6. The average Bonchev–Trinajstić information content (AvgIpc) is 3.28. The summed E-state index contributed by atoms with van der Waals surface area (Å²) in [6.07, 6.45) is 2.25. The summed E-state index contributed by atoms with van der Waals surface area (Å²) in [6, 6.07) is 4.52. The highest BCUT2D eigenvalue weighted by Gasteiger charge is 2.29. The van der Waals surface area contributed by atoms with Crippen molar-refractivity contribution in [3.63, 3.8) is 0 Å². The van der Waals surface area contributed by atoms with Crippen molar-refractivity contribution in [3.05, 3.63) is 42.0 Å². The second-order valence-electron chi connectivity index (χ2n) is 12.4. The largest absolute Gasteiger partial charge is 0.460 e. The fraction of sp³-hybridized carbons (Fsp3) is 0.562. The molecule has 248 valence electrons. The number of amides is 5. The third-order valence-electron chi connectivity index (χ3n) is 7.00. The lowest BCUT2D eigenvalue weighted by Gasteiger charge is -2.25. The Morgan fingerprint density at radius 3 is 2.04 bits per heavy atom. The van der Waals surface area contributed by atoms with Crippen LogP contribution in [0.5, 0.6) is 0 Å². The van der Waals surface area contributed by atoms with Crippen molar-refractivity contribution in [2.24, 2.45) is 11.3 Å². The molecule has 2 atom stereocenters. The van der Waals surface area contributed by atoms with Crippen LogP contribution in [0.25, 0.3) is 0 Å². The van der Waals surface area contributed by atoms with E-state index in [1.807, 2.05) is 0 Å². The first-order chi connectivity index (χ1) is 21.1. The maximum Gasteiger partial charge on any atom is 0.311 e. The van der Waals surface area contributed by atoms with Crippen LogP contribution in [-0.2, 0) is 40.1 Å². The summed E-state index contributed by atoms with van der Waals surface area (Å²) in [5, 5.41) is 26.8. The van der Waals surface area contributed by atoms with E-state index < -0.39 is 35.6 Å². The van der Waals surface area contributed by atoms with Gasteiger partial charge in [-0.15, -0.1) is 0 Å². The van der Waals surface area contributed by atoms with Crippen LogP contribution < -0.4 is 16.0 Å². The molecule has 5 amide bonds. The standard InChI is InChI=1S/C32H46N4O9/c1-20(2)28(35-24(37)9-7-6-8-18-36-25(38)15-16-26(36)39)30(43)34-23(14-17-27(40)41)29(42)33-22-12-10-21(11-13-22)19-45-31(44)32(3,4)5/h10-13,15-16,20,23,27-28,40-41H,6-9,14,17-19H2,1-5H3,(H,33,42)(H,34,43)(H,35,37)/t23-,28-/m0/s1. The van der Waals surface area contributed by atoms with Crippen LogP contribution in [0.15, 0.2) is 36.4 Å². The maximum absolute atomic E-state index is 13.2. The monoisotopic (exact) mass is 630 g/mol. The van der Waals surface area contributed by atoms with Gasteiger partial charge in [0, 0.05) is 37.2 Å². The topological polar surface area (TPSA) is 191 Å². The highest BCUT2D eigenvalue weighted by atomic mass is 16.5. The third kappa shape index (κ3) is 12.8. The Labute approximate surface area is 263 Å². The van der Waals surface area contributed by atoms with Gasteiger partial charge in [0.15, 0.2) is 6.29 Å². The quantitative estimate of drug-likeness (QED) is 0.0740. The van der Waals surface area contributed by atoms with Gasteiger partial charge < -0.3 is 30.9 Å². The molecule has 0 aliphatic carbocycles. The van der Waals surface area contributed by atoms with E-state index in [2.05, 4.69) is 16.0 Å². The molecule has 13 nitrogen and oxygen atoms in total. The van der Waals surface area contributed by atoms with E-state index in [4.69, 9.17) is 4.74 Å². The van der Waals surface area contributed by atoms with Crippen LogP contribution in [0.4, 0.5) is 5.69 Å². The summed E-state index contributed by atoms with van der Waals surface area (Å²) in [6.45, 7) is 9.09. The van der Waals surface area contributed by atoms with Gasteiger partial charge in [0.05, 0.1) is 5.41 Å². The molecule has 0 fully saturated rings. The summed E-state index contributed by atoms with van der Waals surface area (Å²) in [5.74, 6) is -2.91. The maximum atomic E-state index is 13.2. The first kappa shape index (κ1) is 37.1. The SMILES string of the molecule is CC(C)[C@H](NC(=O)CCCCCN1C(=O)C=CC1=O)C(=O)N[C@@H](CCC(O)O)C(=O)Nc1ccc(COC(=O)C(C)(C)C)cc1. The summed E-state index contributed by atoms with van der Waals surface area (Å²) in [4.78, 5) is 75.4. The normalized spacial score (nSPS) is 14.5. The Kier molecular flexibility index (Phi) is 14.3. The summed E-state index contributed by atoms with van der Waals surface area (Å²) in [7, 11) is 0. The zero-order valence-electron chi connectivity index (χ0n) is 26.6. The number of carbonyl (C=O) groups excluding carboxylic acids is 6. The molecular formula is C32H46N4O9. The lowest BCUT2D eigenvalue weighted by atomic mass is 9.97. The molecule has 1 aromatic carbocycles. The van der Waals surface area contributed by atoms with Gasteiger partial charge in [0.25, 0.3) is 11.8 Å². The van der Waals surface area contributed by atoms with Crippen LogP contribution >= 0.6 is 0 Å². The van der Waals surface area contributed by atoms with E-state index in [1.165, 1.54) is 12.2 Å². The van der Waals surface area contributed by atoms with Gasteiger partial charge in [-0.25, -0.2) is 0 Å². The zero-order valence-corrected chi connectivity index (χ0v) is 26.6. The number of esters is 1. The molecule has 0 spiro atoms. The lowest BCUT2D eigenvalue weighted by molar-refractivity contribution is -0.154. The second-order valence-corrected chi connectivity index (χ2v) is 12.4. The van der Waals surface area contributed by atoms with Crippen LogP contribution in [0.3, 0.4) is 0 Å². The van der Waals surface area contributed by atoms with Crippen molar-refractivity contribution >= 4 is 41.2 Å². The molecule has 0 aromatic heterocycles. The first-order valence-corrected chi connectivity index (χ1v) is 15.1. The third-order valence-corrected chi connectivity index (χ3v) is 7.00.